The zero-order chi connectivity index (χ0) is 25.8. The SMILES string of the molecule is CCOc1cncc(-c2cnc(C(=O)NC(CN3CCC(C)C3)c3cc(NS(=O)C4CC4)ccn3)s2)n1. The van der Waals surface area contributed by atoms with Gasteiger partial charge in [-0.3, -0.25) is 14.8 Å². The molecule has 5 rings (SSSR count). The number of ether oxygens (including phenoxy) is 1. The summed E-state index contributed by atoms with van der Waals surface area (Å²) in [6, 6.07) is 3.35. The van der Waals surface area contributed by atoms with Gasteiger partial charge in [-0.05, 0) is 50.8 Å². The maximum atomic E-state index is 13.3. The normalized spacial score (nSPS) is 19.4. The van der Waals surface area contributed by atoms with Crippen molar-refractivity contribution in [3.63, 3.8) is 0 Å². The molecule has 10 nitrogen and oxygen atoms in total. The van der Waals surface area contributed by atoms with Crippen LogP contribution < -0.4 is 14.8 Å². The lowest BCUT2D eigenvalue weighted by molar-refractivity contribution is 0.0925. The number of hydrogen-bond donors (Lipinski definition) is 2. The summed E-state index contributed by atoms with van der Waals surface area (Å²) in [4.78, 5) is 33.9. The van der Waals surface area contributed by atoms with Crippen molar-refractivity contribution in [1.29, 1.82) is 0 Å². The zero-order valence-corrected chi connectivity index (χ0v) is 22.6. The summed E-state index contributed by atoms with van der Waals surface area (Å²) in [5.41, 5.74) is 2.07. The van der Waals surface area contributed by atoms with E-state index in [2.05, 4.69) is 41.8 Å². The predicted octanol–water partition coefficient (Wildman–Crippen LogP) is 3.44. The minimum Gasteiger partial charge on any atom is -0.477 e. The predicted molar refractivity (Wildman–Crippen MR) is 144 cm³/mol. The highest BCUT2D eigenvalue weighted by Gasteiger charge is 2.29. The zero-order valence-electron chi connectivity index (χ0n) is 20.9. The molecule has 1 aliphatic heterocycles. The molecule has 3 unspecified atom stereocenters. The second-order valence-electron chi connectivity index (χ2n) is 9.45. The van der Waals surface area contributed by atoms with Gasteiger partial charge in [-0.2, -0.15) is 0 Å². The number of aromatic nitrogens is 4. The fraction of sp³-hybridized carbons (Fsp3) is 0.480. The third kappa shape index (κ3) is 6.68. The van der Waals surface area contributed by atoms with Gasteiger partial charge in [0, 0.05) is 31.2 Å². The first-order valence-corrected chi connectivity index (χ1v) is 14.6. The molecule has 4 heterocycles. The summed E-state index contributed by atoms with van der Waals surface area (Å²) in [6.45, 7) is 7.21. The Morgan fingerprint density at radius 1 is 1.27 bits per heavy atom. The molecule has 0 radical (unpaired) electrons. The third-order valence-corrected chi connectivity index (χ3v) is 8.83. The number of nitrogens with one attached hydrogen (secondary N) is 2. The Balaban J connectivity index is 1.33. The molecule has 37 heavy (non-hydrogen) atoms. The Morgan fingerprint density at radius 3 is 2.89 bits per heavy atom. The van der Waals surface area contributed by atoms with Crippen LogP contribution in [0.4, 0.5) is 5.69 Å². The summed E-state index contributed by atoms with van der Waals surface area (Å²) >= 11 is 1.26. The van der Waals surface area contributed by atoms with Crippen molar-refractivity contribution in [2.45, 2.75) is 44.4 Å². The van der Waals surface area contributed by atoms with Gasteiger partial charge in [0.2, 0.25) is 5.88 Å². The van der Waals surface area contributed by atoms with Gasteiger partial charge in [0.25, 0.3) is 5.91 Å². The van der Waals surface area contributed by atoms with Crippen LogP contribution in [0.5, 0.6) is 5.88 Å². The summed E-state index contributed by atoms with van der Waals surface area (Å²) in [6.07, 6.45) is 9.62. The molecular weight excluding hydrogens is 510 g/mol. The average molecular weight is 542 g/mol. The molecule has 3 aromatic heterocycles. The highest BCUT2D eigenvalue weighted by molar-refractivity contribution is 7.87. The van der Waals surface area contributed by atoms with E-state index in [1.807, 2.05) is 19.1 Å². The van der Waals surface area contributed by atoms with Crippen molar-refractivity contribution in [3.8, 4) is 16.5 Å². The topological polar surface area (TPSA) is 122 Å². The fourth-order valence-electron chi connectivity index (χ4n) is 4.25. The van der Waals surface area contributed by atoms with E-state index in [1.54, 1.807) is 24.8 Å². The number of thiazole rings is 1. The lowest BCUT2D eigenvalue weighted by Crippen LogP contribution is -2.37. The monoisotopic (exact) mass is 541 g/mol. The number of pyridine rings is 1. The van der Waals surface area contributed by atoms with Gasteiger partial charge in [-0.15, -0.1) is 11.3 Å². The molecule has 0 aromatic carbocycles. The maximum absolute atomic E-state index is 13.3. The molecule has 1 saturated carbocycles. The van der Waals surface area contributed by atoms with Crippen LogP contribution in [0.1, 0.15) is 54.6 Å². The van der Waals surface area contributed by atoms with E-state index < -0.39 is 11.0 Å². The van der Waals surface area contributed by atoms with E-state index in [1.165, 1.54) is 11.3 Å². The van der Waals surface area contributed by atoms with Crippen molar-refractivity contribution in [2.75, 3.05) is 31.0 Å². The smallest absolute Gasteiger partial charge is 0.280 e. The van der Waals surface area contributed by atoms with Gasteiger partial charge in [-0.25, -0.2) is 14.2 Å². The number of carbonyl (C=O) groups excluding carboxylic acids is 1. The van der Waals surface area contributed by atoms with Gasteiger partial charge in [0.05, 0.1) is 40.9 Å². The Labute approximate surface area is 222 Å². The van der Waals surface area contributed by atoms with Crippen LogP contribution in [0.25, 0.3) is 10.6 Å². The van der Waals surface area contributed by atoms with Gasteiger partial charge in [-0.1, -0.05) is 6.92 Å². The number of rotatable bonds is 11. The molecular formula is C25H31N7O3S2. The molecule has 3 atom stereocenters. The van der Waals surface area contributed by atoms with Crippen molar-refractivity contribution in [1.82, 2.24) is 30.2 Å². The number of hydrogen-bond acceptors (Lipinski definition) is 9. The summed E-state index contributed by atoms with van der Waals surface area (Å²) in [5, 5.41) is 3.70. The van der Waals surface area contributed by atoms with Crippen LogP contribution in [0, 0.1) is 5.92 Å². The Kier molecular flexibility index (Phi) is 8.06. The number of anilines is 1. The molecule has 3 aromatic rings. The highest BCUT2D eigenvalue weighted by Crippen LogP contribution is 2.29. The summed E-state index contributed by atoms with van der Waals surface area (Å²) in [7, 11) is -1.10. The number of nitrogens with zero attached hydrogens (tertiary/aromatic N) is 5. The van der Waals surface area contributed by atoms with Crippen molar-refractivity contribution >= 4 is 33.9 Å². The Bertz CT molecular complexity index is 1270. The molecule has 0 bridgehead atoms. The molecule has 1 amide bonds. The Morgan fingerprint density at radius 2 is 2.14 bits per heavy atom. The number of likely N-dealkylation sites (tertiary alicyclic amines) is 1. The van der Waals surface area contributed by atoms with E-state index in [0.29, 0.717) is 35.7 Å². The second-order valence-corrected chi connectivity index (χ2v) is 11.9. The van der Waals surface area contributed by atoms with Crippen LogP contribution in [-0.4, -0.2) is 66.4 Å². The van der Waals surface area contributed by atoms with Gasteiger partial charge in [0.1, 0.15) is 16.7 Å². The first-order valence-electron chi connectivity index (χ1n) is 12.6. The quantitative estimate of drug-likeness (QED) is 0.379. The molecule has 196 valence electrons. The van der Waals surface area contributed by atoms with Gasteiger partial charge < -0.3 is 19.7 Å². The Hall–Kier alpha value is -2.96. The molecule has 1 aliphatic carbocycles. The standard InChI is InChI=1S/C25H31N7O3S2/c1-3-35-23-13-26-11-20(29-23)22-12-28-25(36-22)24(33)30-21(15-32-9-7-16(2)14-32)19-10-17(6-8-27-19)31-37(34)18-4-5-18/h6,8,10-13,16,18,21H,3-5,7,9,14-15H2,1-2H3,(H,27,31)(H,30,33). The summed E-state index contributed by atoms with van der Waals surface area (Å²) < 4.78 is 20.9. The minimum absolute atomic E-state index is 0.219. The fourth-order valence-corrected chi connectivity index (χ4v) is 6.11. The molecule has 0 spiro atoms. The first-order chi connectivity index (χ1) is 18.0. The van der Waals surface area contributed by atoms with E-state index in [4.69, 9.17) is 4.74 Å². The lowest BCUT2D eigenvalue weighted by atomic mass is 10.1. The maximum Gasteiger partial charge on any atom is 0.280 e. The summed E-state index contributed by atoms with van der Waals surface area (Å²) in [5.74, 6) is 0.777. The van der Waals surface area contributed by atoms with Crippen LogP contribution in [0.2, 0.25) is 0 Å². The molecule has 2 N–H and O–H groups in total. The van der Waals surface area contributed by atoms with E-state index in [-0.39, 0.29) is 17.2 Å². The highest BCUT2D eigenvalue weighted by atomic mass is 32.2. The van der Waals surface area contributed by atoms with Gasteiger partial charge >= 0.3 is 0 Å². The van der Waals surface area contributed by atoms with Crippen LogP contribution in [-0.2, 0) is 11.0 Å². The molecule has 12 heteroatoms. The number of carbonyl (C=O) groups is 1. The van der Waals surface area contributed by atoms with Crippen LogP contribution in [0.3, 0.4) is 0 Å². The first kappa shape index (κ1) is 25.7. The van der Waals surface area contributed by atoms with E-state index in [0.717, 1.165) is 48.6 Å². The molecule has 2 fully saturated rings. The average Bonchev–Trinajstić information content (AvgIpc) is 3.49. The van der Waals surface area contributed by atoms with Crippen molar-refractivity contribution in [2.24, 2.45) is 5.92 Å². The van der Waals surface area contributed by atoms with E-state index in [9.17, 15) is 9.00 Å². The lowest BCUT2D eigenvalue weighted by Gasteiger charge is -2.24. The largest absolute Gasteiger partial charge is 0.477 e. The van der Waals surface area contributed by atoms with Crippen LogP contribution in [0.15, 0.2) is 36.9 Å². The van der Waals surface area contributed by atoms with Crippen molar-refractivity contribution < 1.29 is 13.7 Å². The molecule has 2 aliphatic rings. The van der Waals surface area contributed by atoms with Gasteiger partial charge in [0.15, 0.2) is 5.01 Å². The van der Waals surface area contributed by atoms with Crippen LogP contribution >= 0.6 is 11.3 Å². The van der Waals surface area contributed by atoms with Crippen molar-refractivity contribution in [3.05, 3.63) is 47.6 Å². The third-order valence-electron chi connectivity index (χ3n) is 6.29. The molecule has 1 saturated heterocycles. The van der Waals surface area contributed by atoms with E-state index >= 15 is 0 Å². The minimum atomic E-state index is -1.10. The number of amides is 1. The second kappa shape index (κ2) is 11.6.